The molecular formula is C20H18FN5O3S. The van der Waals surface area contributed by atoms with Crippen LogP contribution < -0.4 is 10.5 Å². The van der Waals surface area contributed by atoms with Crippen LogP contribution in [-0.4, -0.2) is 36.1 Å². The van der Waals surface area contributed by atoms with E-state index in [9.17, 15) is 23.2 Å². The zero-order valence-corrected chi connectivity index (χ0v) is 16.7. The third-order valence-corrected chi connectivity index (χ3v) is 5.66. The number of nitrogens with zero attached hydrogens (tertiary/aromatic N) is 3. The Morgan fingerprint density at radius 2 is 2.00 bits per heavy atom. The average molecular weight is 427 g/mol. The Morgan fingerprint density at radius 1 is 1.27 bits per heavy atom. The third-order valence-electron chi connectivity index (χ3n) is 4.18. The predicted molar refractivity (Wildman–Crippen MR) is 109 cm³/mol. The molecule has 0 bridgehead atoms. The summed E-state index contributed by atoms with van der Waals surface area (Å²) in [6.07, 6.45) is 0.359. The fraction of sp³-hybridized carbons (Fsp3) is 0.150. The second kappa shape index (κ2) is 8.54. The highest BCUT2D eigenvalue weighted by atomic mass is 32.2. The molecule has 0 saturated heterocycles. The van der Waals surface area contributed by atoms with E-state index in [-0.39, 0.29) is 39.8 Å². The van der Waals surface area contributed by atoms with Crippen LogP contribution in [0.15, 0.2) is 53.6 Å². The second-order valence-corrected chi connectivity index (χ2v) is 8.23. The lowest BCUT2D eigenvalue weighted by atomic mass is 10.0. The number of sulfonamides is 1. The first kappa shape index (κ1) is 21.3. The SMILES string of the molecule is C[C@@H](O)CNS(=O)(=O)c1ccccc1-c1ccc(-c2ncc(N)nc2C#N)c(F)c1. The summed E-state index contributed by atoms with van der Waals surface area (Å²) in [5, 5.41) is 18.6. The molecule has 0 aliphatic rings. The van der Waals surface area contributed by atoms with E-state index in [1.54, 1.807) is 18.2 Å². The number of aliphatic hydroxyl groups excluding tert-OH is 1. The number of benzene rings is 2. The number of nitriles is 1. The van der Waals surface area contributed by atoms with Crippen molar-refractivity contribution in [3.63, 3.8) is 0 Å². The van der Waals surface area contributed by atoms with Gasteiger partial charge in [0.25, 0.3) is 0 Å². The minimum atomic E-state index is -3.94. The molecule has 0 fully saturated rings. The van der Waals surface area contributed by atoms with E-state index in [1.165, 1.54) is 31.3 Å². The molecule has 1 aromatic heterocycles. The molecule has 8 nitrogen and oxygen atoms in total. The molecule has 4 N–H and O–H groups in total. The molecule has 30 heavy (non-hydrogen) atoms. The molecule has 0 unspecified atom stereocenters. The van der Waals surface area contributed by atoms with E-state index in [4.69, 9.17) is 5.73 Å². The van der Waals surface area contributed by atoms with E-state index < -0.39 is 21.9 Å². The monoisotopic (exact) mass is 427 g/mol. The Bertz CT molecular complexity index is 1240. The minimum Gasteiger partial charge on any atom is -0.392 e. The van der Waals surface area contributed by atoms with Gasteiger partial charge in [-0.15, -0.1) is 0 Å². The maximum atomic E-state index is 14.9. The van der Waals surface area contributed by atoms with Crippen molar-refractivity contribution in [2.75, 3.05) is 12.3 Å². The van der Waals surface area contributed by atoms with Crippen molar-refractivity contribution in [1.29, 1.82) is 5.26 Å². The van der Waals surface area contributed by atoms with Crippen molar-refractivity contribution in [3.8, 4) is 28.5 Å². The van der Waals surface area contributed by atoms with E-state index in [1.807, 2.05) is 6.07 Å². The number of anilines is 1. The van der Waals surface area contributed by atoms with Gasteiger partial charge in [0.2, 0.25) is 10.0 Å². The van der Waals surface area contributed by atoms with Gasteiger partial charge in [0.1, 0.15) is 23.4 Å². The number of hydrogen-bond acceptors (Lipinski definition) is 7. The summed E-state index contributed by atoms with van der Waals surface area (Å²) >= 11 is 0. The number of halogens is 1. The van der Waals surface area contributed by atoms with Gasteiger partial charge in [0, 0.05) is 17.7 Å². The van der Waals surface area contributed by atoms with Crippen LogP contribution in [0.5, 0.6) is 0 Å². The molecule has 0 saturated carbocycles. The zero-order chi connectivity index (χ0) is 21.9. The van der Waals surface area contributed by atoms with E-state index in [0.29, 0.717) is 5.56 Å². The largest absolute Gasteiger partial charge is 0.392 e. The Balaban J connectivity index is 2.06. The van der Waals surface area contributed by atoms with Crippen molar-refractivity contribution < 1.29 is 17.9 Å². The van der Waals surface area contributed by atoms with Gasteiger partial charge in [0.05, 0.1) is 17.2 Å². The molecule has 2 aromatic carbocycles. The number of rotatable bonds is 6. The molecule has 3 aromatic rings. The lowest BCUT2D eigenvalue weighted by Gasteiger charge is -2.13. The van der Waals surface area contributed by atoms with Gasteiger partial charge in [-0.3, -0.25) is 0 Å². The molecule has 0 aliphatic heterocycles. The smallest absolute Gasteiger partial charge is 0.241 e. The molecule has 0 radical (unpaired) electrons. The quantitative estimate of drug-likeness (QED) is 0.546. The molecular weight excluding hydrogens is 409 g/mol. The lowest BCUT2D eigenvalue weighted by Crippen LogP contribution is -2.31. The number of aromatic nitrogens is 2. The third kappa shape index (κ3) is 4.44. The van der Waals surface area contributed by atoms with Crippen LogP contribution in [0.3, 0.4) is 0 Å². The number of nitrogen functional groups attached to an aromatic ring is 1. The Morgan fingerprint density at radius 3 is 2.67 bits per heavy atom. The summed E-state index contributed by atoms with van der Waals surface area (Å²) in [6.45, 7) is 1.30. The maximum absolute atomic E-state index is 14.9. The van der Waals surface area contributed by atoms with Crippen LogP contribution in [0, 0.1) is 17.1 Å². The molecule has 0 spiro atoms. The molecule has 1 heterocycles. The first-order valence-corrected chi connectivity index (χ1v) is 10.3. The maximum Gasteiger partial charge on any atom is 0.241 e. The Labute approximate surface area is 172 Å². The molecule has 10 heteroatoms. The number of nitrogens with one attached hydrogen (secondary N) is 1. The molecule has 154 valence electrons. The van der Waals surface area contributed by atoms with E-state index >= 15 is 0 Å². The second-order valence-electron chi connectivity index (χ2n) is 6.50. The van der Waals surface area contributed by atoms with Crippen molar-refractivity contribution in [1.82, 2.24) is 14.7 Å². The van der Waals surface area contributed by atoms with Crippen molar-refractivity contribution in [2.45, 2.75) is 17.9 Å². The van der Waals surface area contributed by atoms with Crippen molar-refractivity contribution >= 4 is 15.8 Å². The molecule has 3 rings (SSSR count). The van der Waals surface area contributed by atoms with Crippen molar-refractivity contribution in [2.24, 2.45) is 0 Å². The Kier molecular flexibility index (Phi) is 6.07. The minimum absolute atomic E-state index is 0.0373. The van der Waals surface area contributed by atoms with Gasteiger partial charge in [-0.05, 0) is 30.7 Å². The van der Waals surface area contributed by atoms with Gasteiger partial charge in [-0.2, -0.15) is 5.26 Å². The fourth-order valence-corrected chi connectivity index (χ4v) is 4.15. The topological polar surface area (TPSA) is 142 Å². The highest BCUT2D eigenvalue weighted by Gasteiger charge is 2.21. The van der Waals surface area contributed by atoms with Gasteiger partial charge in [-0.1, -0.05) is 24.3 Å². The van der Waals surface area contributed by atoms with Crippen LogP contribution in [-0.2, 0) is 10.0 Å². The normalized spacial score (nSPS) is 12.3. The first-order valence-electron chi connectivity index (χ1n) is 8.82. The summed E-state index contributed by atoms with van der Waals surface area (Å²) in [6, 6.07) is 12.1. The predicted octanol–water partition coefficient (Wildman–Crippen LogP) is 2.06. The first-order chi connectivity index (χ1) is 14.2. The van der Waals surface area contributed by atoms with Crippen LogP contribution in [0.25, 0.3) is 22.4 Å². The summed E-state index contributed by atoms with van der Waals surface area (Å²) in [7, 11) is -3.94. The van der Waals surface area contributed by atoms with Crippen LogP contribution >= 0.6 is 0 Å². The van der Waals surface area contributed by atoms with E-state index in [2.05, 4.69) is 14.7 Å². The van der Waals surface area contributed by atoms with Crippen LogP contribution in [0.4, 0.5) is 10.2 Å². The highest BCUT2D eigenvalue weighted by molar-refractivity contribution is 7.89. The number of nitrogens with two attached hydrogens (primary N) is 1. The lowest BCUT2D eigenvalue weighted by molar-refractivity contribution is 0.198. The molecule has 1 atom stereocenters. The fourth-order valence-electron chi connectivity index (χ4n) is 2.80. The zero-order valence-electron chi connectivity index (χ0n) is 15.9. The molecule has 0 amide bonds. The van der Waals surface area contributed by atoms with Crippen LogP contribution in [0.1, 0.15) is 12.6 Å². The summed E-state index contributed by atoms with van der Waals surface area (Å²) in [5.41, 5.74) is 6.08. The Hall–Kier alpha value is -3.39. The van der Waals surface area contributed by atoms with Gasteiger partial charge >= 0.3 is 0 Å². The van der Waals surface area contributed by atoms with Gasteiger partial charge < -0.3 is 10.8 Å². The summed E-state index contributed by atoms with van der Waals surface area (Å²) < 4.78 is 42.5. The summed E-state index contributed by atoms with van der Waals surface area (Å²) in [4.78, 5) is 7.80. The standard InChI is InChI=1S/C20H18FN5O3S/c1-12(27)10-25-30(28,29)18-5-3-2-4-14(18)13-6-7-15(16(21)8-13)20-17(9-22)26-19(23)11-24-20/h2-8,11-12,25,27H,10H2,1H3,(H2,23,26)/t12-/m1/s1. The highest BCUT2D eigenvalue weighted by Crippen LogP contribution is 2.31. The van der Waals surface area contributed by atoms with Gasteiger partial charge in [-0.25, -0.2) is 27.5 Å². The summed E-state index contributed by atoms with van der Waals surface area (Å²) in [5.74, 6) is -0.664. The molecule has 0 aliphatic carbocycles. The van der Waals surface area contributed by atoms with Gasteiger partial charge in [0.15, 0.2) is 5.69 Å². The number of hydrogen-bond donors (Lipinski definition) is 3. The van der Waals surface area contributed by atoms with Crippen LogP contribution in [0.2, 0.25) is 0 Å². The van der Waals surface area contributed by atoms with E-state index in [0.717, 1.165) is 6.07 Å². The average Bonchev–Trinajstić information content (AvgIpc) is 2.72. The van der Waals surface area contributed by atoms with Crippen molar-refractivity contribution in [3.05, 3.63) is 60.2 Å². The number of aliphatic hydroxyl groups is 1.